The zero-order chi connectivity index (χ0) is 14.9. The maximum absolute atomic E-state index is 12.3. The highest BCUT2D eigenvalue weighted by atomic mass is 35.5. The van der Waals surface area contributed by atoms with Crippen LogP contribution in [0.4, 0.5) is 5.69 Å². The number of nitrogens with two attached hydrogens (primary N) is 1. The van der Waals surface area contributed by atoms with Crippen molar-refractivity contribution in [2.24, 2.45) is 11.1 Å². The zero-order valence-corrected chi connectivity index (χ0v) is 11.6. The summed E-state index contributed by atoms with van der Waals surface area (Å²) in [4.78, 5) is 23.5. The molecule has 1 fully saturated rings. The quantitative estimate of drug-likeness (QED) is 0.781. The highest BCUT2D eigenvalue weighted by molar-refractivity contribution is 6.31. The second-order valence-corrected chi connectivity index (χ2v) is 5.42. The van der Waals surface area contributed by atoms with Crippen LogP contribution in [0.25, 0.3) is 0 Å². The first-order valence-corrected chi connectivity index (χ1v) is 6.40. The van der Waals surface area contributed by atoms with Gasteiger partial charge in [-0.15, -0.1) is 0 Å². The minimum atomic E-state index is -1.17. The molecule has 0 aromatic heterocycles. The van der Waals surface area contributed by atoms with E-state index in [1.807, 2.05) is 0 Å². The number of halogens is 1. The van der Waals surface area contributed by atoms with E-state index in [1.54, 1.807) is 6.92 Å². The molecule has 4 N–H and O–H groups in total. The molecular weight excluding hydrogens is 284 g/mol. The number of ether oxygens (including phenoxy) is 1. The van der Waals surface area contributed by atoms with Gasteiger partial charge in [0.15, 0.2) is 0 Å². The summed E-state index contributed by atoms with van der Waals surface area (Å²) in [6, 6.07) is 3.82. The number of amides is 1. The Morgan fingerprint density at radius 3 is 2.80 bits per heavy atom. The standard InChI is InChI=1S/C13H15ClN2O4/c1-13(6-20-5-10(13)15)12(19)16-9-3-2-7(14)4-8(9)11(17)18/h2-4,10H,5-6,15H2,1H3,(H,16,19)(H,17,18). The summed E-state index contributed by atoms with van der Waals surface area (Å²) in [7, 11) is 0. The van der Waals surface area contributed by atoms with Crippen molar-refractivity contribution in [2.75, 3.05) is 18.5 Å². The smallest absolute Gasteiger partial charge is 0.337 e. The van der Waals surface area contributed by atoms with E-state index in [-0.39, 0.29) is 28.8 Å². The van der Waals surface area contributed by atoms with Crippen LogP contribution in [0.2, 0.25) is 5.02 Å². The van der Waals surface area contributed by atoms with Crippen LogP contribution in [0.15, 0.2) is 18.2 Å². The zero-order valence-electron chi connectivity index (χ0n) is 10.9. The molecule has 1 aliphatic heterocycles. The van der Waals surface area contributed by atoms with E-state index in [1.165, 1.54) is 18.2 Å². The van der Waals surface area contributed by atoms with Crippen LogP contribution in [0, 0.1) is 5.41 Å². The Hall–Kier alpha value is -1.63. The van der Waals surface area contributed by atoms with Crippen LogP contribution in [-0.2, 0) is 9.53 Å². The van der Waals surface area contributed by atoms with Gasteiger partial charge in [-0.05, 0) is 25.1 Å². The van der Waals surface area contributed by atoms with Crippen LogP contribution < -0.4 is 11.1 Å². The maximum atomic E-state index is 12.3. The molecule has 0 radical (unpaired) electrons. The Labute approximate surface area is 120 Å². The predicted octanol–water partition coefficient (Wildman–Crippen LogP) is 1.34. The van der Waals surface area contributed by atoms with Gasteiger partial charge in [0.05, 0.1) is 29.9 Å². The van der Waals surface area contributed by atoms with Crippen molar-refractivity contribution in [3.8, 4) is 0 Å². The Morgan fingerprint density at radius 2 is 2.25 bits per heavy atom. The molecular formula is C13H15ClN2O4. The number of rotatable bonds is 3. The molecule has 1 aliphatic rings. The third kappa shape index (κ3) is 2.63. The van der Waals surface area contributed by atoms with Crippen molar-refractivity contribution in [1.82, 2.24) is 0 Å². The monoisotopic (exact) mass is 298 g/mol. The summed E-state index contributed by atoms with van der Waals surface area (Å²) in [5.74, 6) is -1.53. The summed E-state index contributed by atoms with van der Waals surface area (Å²) in [6.45, 7) is 2.20. The fourth-order valence-electron chi connectivity index (χ4n) is 1.99. The molecule has 2 unspecified atom stereocenters. The van der Waals surface area contributed by atoms with Crippen molar-refractivity contribution < 1.29 is 19.4 Å². The number of nitrogens with one attached hydrogen (secondary N) is 1. The normalized spacial score (nSPS) is 25.4. The molecule has 0 aliphatic carbocycles. The topological polar surface area (TPSA) is 102 Å². The van der Waals surface area contributed by atoms with Gasteiger partial charge < -0.3 is 20.9 Å². The highest BCUT2D eigenvalue weighted by Gasteiger charge is 2.44. The molecule has 1 aromatic carbocycles. The number of aromatic carboxylic acids is 1. The molecule has 20 heavy (non-hydrogen) atoms. The van der Waals surface area contributed by atoms with Gasteiger partial charge in [0, 0.05) is 11.1 Å². The fourth-order valence-corrected chi connectivity index (χ4v) is 2.16. The third-order valence-corrected chi connectivity index (χ3v) is 3.73. The Bertz CT molecular complexity index is 563. The number of hydrogen-bond acceptors (Lipinski definition) is 4. The summed E-state index contributed by atoms with van der Waals surface area (Å²) in [5, 5.41) is 12.0. The summed E-state index contributed by atoms with van der Waals surface area (Å²) >= 11 is 5.76. The third-order valence-electron chi connectivity index (χ3n) is 3.50. The van der Waals surface area contributed by atoms with Gasteiger partial charge >= 0.3 is 5.97 Å². The van der Waals surface area contributed by atoms with Crippen molar-refractivity contribution in [3.05, 3.63) is 28.8 Å². The largest absolute Gasteiger partial charge is 0.478 e. The second-order valence-electron chi connectivity index (χ2n) is 4.99. The lowest BCUT2D eigenvalue weighted by molar-refractivity contribution is -0.125. The van der Waals surface area contributed by atoms with E-state index in [9.17, 15) is 9.59 Å². The predicted molar refractivity (Wildman–Crippen MR) is 73.9 cm³/mol. The van der Waals surface area contributed by atoms with Crippen LogP contribution in [0.5, 0.6) is 0 Å². The van der Waals surface area contributed by atoms with Crippen molar-refractivity contribution in [2.45, 2.75) is 13.0 Å². The molecule has 1 heterocycles. The number of carbonyl (C=O) groups excluding carboxylic acids is 1. The van der Waals surface area contributed by atoms with Crippen LogP contribution >= 0.6 is 11.6 Å². The maximum Gasteiger partial charge on any atom is 0.337 e. The van der Waals surface area contributed by atoms with E-state index in [4.69, 9.17) is 27.2 Å². The van der Waals surface area contributed by atoms with E-state index in [0.717, 1.165) is 0 Å². The minimum Gasteiger partial charge on any atom is -0.478 e. The van der Waals surface area contributed by atoms with E-state index in [0.29, 0.717) is 6.61 Å². The van der Waals surface area contributed by atoms with E-state index < -0.39 is 17.4 Å². The fraction of sp³-hybridized carbons (Fsp3) is 0.385. The first kappa shape index (κ1) is 14.8. The van der Waals surface area contributed by atoms with Crippen molar-refractivity contribution >= 4 is 29.2 Å². The van der Waals surface area contributed by atoms with Gasteiger partial charge in [-0.1, -0.05) is 11.6 Å². The number of benzene rings is 1. The van der Waals surface area contributed by atoms with Gasteiger partial charge in [0.1, 0.15) is 0 Å². The molecule has 2 atom stereocenters. The van der Waals surface area contributed by atoms with Gasteiger partial charge in [0.2, 0.25) is 5.91 Å². The summed E-state index contributed by atoms with van der Waals surface area (Å²) in [6.07, 6.45) is 0. The lowest BCUT2D eigenvalue weighted by atomic mass is 9.84. The summed E-state index contributed by atoms with van der Waals surface area (Å²) < 4.78 is 5.20. The van der Waals surface area contributed by atoms with Crippen molar-refractivity contribution in [1.29, 1.82) is 0 Å². The molecule has 108 valence electrons. The van der Waals surface area contributed by atoms with Crippen LogP contribution in [-0.4, -0.2) is 36.2 Å². The van der Waals surface area contributed by atoms with Gasteiger partial charge in [-0.2, -0.15) is 0 Å². The Morgan fingerprint density at radius 1 is 1.55 bits per heavy atom. The van der Waals surface area contributed by atoms with E-state index >= 15 is 0 Å². The number of carboxylic acids is 1. The Kier molecular flexibility index (Phi) is 3.99. The average molecular weight is 299 g/mol. The minimum absolute atomic E-state index is 0.0677. The number of carbonyl (C=O) groups is 2. The second kappa shape index (κ2) is 5.40. The molecule has 0 spiro atoms. The average Bonchev–Trinajstić information content (AvgIpc) is 2.73. The molecule has 1 saturated heterocycles. The van der Waals surface area contributed by atoms with Gasteiger partial charge in [-0.25, -0.2) is 4.79 Å². The van der Waals surface area contributed by atoms with Gasteiger partial charge in [-0.3, -0.25) is 4.79 Å². The molecule has 6 nitrogen and oxygen atoms in total. The van der Waals surface area contributed by atoms with Crippen LogP contribution in [0.1, 0.15) is 17.3 Å². The SMILES string of the molecule is CC1(C(=O)Nc2ccc(Cl)cc2C(=O)O)COCC1N. The molecule has 2 rings (SSSR count). The van der Waals surface area contributed by atoms with Gasteiger partial charge in [0.25, 0.3) is 0 Å². The van der Waals surface area contributed by atoms with E-state index in [2.05, 4.69) is 5.32 Å². The molecule has 0 bridgehead atoms. The first-order chi connectivity index (χ1) is 9.34. The van der Waals surface area contributed by atoms with Crippen molar-refractivity contribution in [3.63, 3.8) is 0 Å². The van der Waals surface area contributed by atoms with Crippen LogP contribution in [0.3, 0.4) is 0 Å². The number of anilines is 1. The lowest BCUT2D eigenvalue weighted by Crippen LogP contribution is -2.47. The number of hydrogen-bond donors (Lipinski definition) is 3. The first-order valence-electron chi connectivity index (χ1n) is 6.02. The summed E-state index contributed by atoms with van der Waals surface area (Å²) in [5.41, 5.74) is 5.11. The Balaban J connectivity index is 2.26. The molecule has 1 aromatic rings. The number of carboxylic acid groups (broad SMARTS) is 1. The molecule has 0 saturated carbocycles. The highest BCUT2D eigenvalue weighted by Crippen LogP contribution is 2.30. The molecule has 7 heteroatoms. The lowest BCUT2D eigenvalue weighted by Gasteiger charge is -2.25. The molecule has 1 amide bonds.